The van der Waals surface area contributed by atoms with Crippen LogP contribution in [0.1, 0.15) is 65.4 Å². The Bertz CT molecular complexity index is 1810. The number of halogens is 4. The predicted octanol–water partition coefficient (Wildman–Crippen LogP) is 8.86. The van der Waals surface area contributed by atoms with Crippen LogP contribution in [0.4, 0.5) is 16.6 Å². The van der Waals surface area contributed by atoms with Crippen LogP contribution in [0.15, 0.2) is 70.7 Å². The Balaban J connectivity index is 1.27. The number of methoxy groups -OCH3 is 1. The zero-order valence-corrected chi connectivity index (χ0v) is 30.0. The van der Waals surface area contributed by atoms with Crippen molar-refractivity contribution in [2.45, 2.75) is 78.2 Å². The molecule has 256 valence electrons. The predicted molar refractivity (Wildman–Crippen MR) is 188 cm³/mol. The molecular formula is C37H42F4N2O3SSi. The quantitative estimate of drug-likeness (QED) is 0.110. The molecule has 1 aliphatic carbocycles. The van der Waals surface area contributed by atoms with E-state index in [0.717, 1.165) is 11.1 Å². The van der Waals surface area contributed by atoms with Crippen molar-refractivity contribution in [2.24, 2.45) is 0 Å². The van der Waals surface area contributed by atoms with Crippen LogP contribution in [0.25, 0.3) is 6.08 Å². The van der Waals surface area contributed by atoms with Gasteiger partial charge in [0.05, 0.1) is 25.3 Å². The minimum Gasteiger partial charge on any atom is -0.380 e. The molecule has 5 nitrogen and oxygen atoms in total. The molecule has 1 aromatic heterocycles. The largest absolute Gasteiger partial charge is 0.380 e. The molecular weight excluding hydrogens is 657 g/mol. The number of rotatable bonds is 13. The van der Waals surface area contributed by atoms with Crippen molar-refractivity contribution < 1.29 is 30.9 Å². The first-order valence-electron chi connectivity index (χ1n) is 16.1. The van der Waals surface area contributed by atoms with E-state index in [1.807, 2.05) is 32.6 Å². The van der Waals surface area contributed by atoms with Crippen molar-refractivity contribution in [1.82, 2.24) is 9.29 Å². The number of ether oxygens (including phenoxy) is 1. The topological polar surface area (TPSA) is 60.3 Å². The van der Waals surface area contributed by atoms with Gasteiger partial charge in [0.25, 0.3) is 0 Å². The van der Waals surface area contributed by atoms with Crippen LogP contribution in [0.5, 0.6) is 0 Å². The Morgan fingerprint density at radius 1 is 0.958 bits per heavy atom. The van der Waals surface area contributed by atoms with Gasteiger partial charge < -0.3 is 10.1 Å². The highest BCUT2D eigenvalue weighted by Crippen LogP contribution is 2.68. The number of carbonyl (C=O) groups is 2. The normalized spacial score (nSPS) is 16.3. The van der Waals surface area contributed by atoms with Crippen LogP contribution in [-0.4, -0.2) is 30.8 Å². The lowest BCUT2D eigenvalue weighted by Gasteiger charge is -2.32. The lowest BCUT2D eigenvalue weighted by molar-refractivity contribution is -0.127. The highest BCUT2D eigenvalue weighted by molar-refractivity contribution is 8.27. The second kappa shape index (κ2) is 14.1. The number of Topliss-reactive ketones (excluding diaryl/α,β-unsaturated/α-hetero) is 1. The standard InChI is InChI=1S/C37H42F4N2O3SSi/c1-23-17-24(2)43-32(23)21-29-16-15-28(36(29)47(43,40)41)9-7-8-10-34(45)42-35(27-13-11-25(12-14-27)22-46-3)33(44)20-26-18-30(38)37(31(39)19-26)48(4,5)6/h11-19,21,35H,7-10,20,22H2,1-6H3,(H,42,45)/t35-/m1/s1. The summed E-state index contributed by atoms with van der Waals surface area (Å²) in [7, 11) is -4.97. The summed E-state index contributed by atoms with van der Waals surface area (Å²) in [5.41, 5.74) is 4.64. The van der Waals surface area contributed by atoms with Crippen molar-refractivity contribution in [3.05, 3.63) is 116 Å². The van der Waals surface area contributed by atoms with Gasteiger partial charge in [-0.25, -0.2) is 8.78 Å². The third-order valence-corrected chi connectivity index (χ3v) is 12.6. The van der Waals surface area contributed by atoms with Crippen molar-refractivity contribution >= 4 is 42.0 Å². The maximum absolute atomic E-state index is 15.8. The fourth-order valence-electron chi connectivity index (χ4n) is 6.55. The van der Waals surface area contributed by atoms with Crippen LogP contribution < -0.4 is 10.5 Å². The average molecular weight is 699 g/mol. The number of hydrogen-bond donors (Lipinski definition) is 1. The molecule has 1 N–H and O–H groups in total. The molecule has 48 heavy (non-hydrogen) atoms. The SMILES string of the molecule is COCc1ccc([C@@H](NC(=O)CCCCC2=C3C(=Cc4c(C)cc(C)n4S3(F)F)C=C2)C(=O)Cc2cc(F)c([Si](C)(C)C)c(F)c2)cc1. The maximum Gasteiger partial charge on any atom is 0.220 e. The van der Waals surface area contributed by atoms with Gasteiger partial charge >= 0.3 is 0 Å². The van der Waals surface area contributed by atoms with E-state index < -0.39 is 42.5 Å². The molecule has 0 bridgehead atoms. The number of nitrogens with zero attached hydrogens (tertiary/aromatic N) is 1. The second-order valence-electron chi connectivity index (χ2n) is 13.6. The first-order chi connectivity index (χ1) is 22.6. The van der Waals surface area contributed by atoms with Gasteiger partial charge in [-0.3, -0.25) is 13.6 Å². The summed E-state index contributed by atoms with van der Waals surface area (Å²) in [5, 5.41) is 2.91. The number of fused-ring (bicyclic) bond motifs is 2. The number of allylic oxidation sites excluding steroid dienone is 4. The van der Waals surface area contributed by atoms with Crippen molar-refractivity contribution in [1.29, 1.82) is 0 Å². The van der Waals surface area contributed by atoms with Crippen molar-refractivity contribution in [3.8, 4) is 0 Å². The molecule has 1 aliphatic heterocycles. The highest BCUT2D eigenvalue weighted by atomic mass is 32.3. The van der Waals surface area contributed by atoms with E-state index >= 15 is 7.77 Å². The number of ketones is 1. The number of unbranched alkanes of at least 4 members (excludes halogenated alkanes) is 1. The summed E-state index contributed by atoms with van der Waals surface area (Å²) in [5.74, 6) is -2.12. The first kappa shape index (κ1) is 35.6. The Morgan fingerprint density at radius 3 is 2.25 bits per heavy atom. The Morgan fingerprint density at radius 2 is 1.62 bits per heavy atom. The van der Waals surface area contributed by atoms with E-state index in [0.29, 0.717) is 54.0 Å². The summed E-state index contributed by atoms with van der Waals surface area (Å²) < 4.78 is 67.9. The summed E-state index contributed by atoms with van der Waals surface area (Å²) in [6, 6.07) is 10.2. The van der Waals surface area contributed by atoms with Gasteiger partial charge in [-0.15, -0.1) is 7.77 Å². The van der Waals surface area contributed by atoms with E-state index in [1.165, 1.54) is 16.1 Å². The van der Waals surface area contributed by atoms with Crippen molar-refractivity contribution in [2.75, 3.05) is 7.11 Å². The summed E-state index contributed by atoms with van der Waals surface area (Å²) in [6.07, 6.45) is 6.44. The van der Waals surface area contributed by atoms with E-state index in [2.05, 4.69) is 5.32 Å². The van der Waals surface area contributed by atoms with Gasteiger partial charge in [-0.05, 0) is 90.8 Å². The summed E-state index contributed by atoms with van der Waals surface area (Å²) in [6.45, 7) is 9.45. The van der Waals surface area contributed by atoms with E-state index in [4.69, 9.17) is 4.74 Å². The third-order valence-electron chi connectivity index (χ3n) is 8.74. The number of hydrogen-bond acceptors (Lipinski definition) is 3. The molecule has 5 rings (SSSR count). The van der Waals surface area contributed by atoms with Gasteiger partial charge in [0.2, 0.25) is 5.91 Å². The van der Waals surface area contributed by atoms with Crippen molar-refractivity contribution in [3.63, 3.8) is 0 Å². The van der Waals surface area contributed by atoms with Gasteiger partial charge in [-0.2, -0.15) is 0 Å². The number of aromatic nitrogens is 1. The molecule has 2 aliphatic rings. The van der Waals surface area contributed by atoms with Gasteiger partial charge in [0.1, 0.15) is 17.7 Å². The molecule has 0 radical (unpaired) electrons. The molecule has 2 aromatic carbocycles. The van der Waals surface area contributed by atoms with Gasteiger partial charge in [0, 0.05) is 30.8 Å². The highest BCUT2D eigenvalue weighted by Gasteiger charge is 2.41. The zero-order valence-electron chi connectivity index (χ0n) is 28.2. The Kier molecular flexibility index (Phi) is 10.4. The number of carbonyl (C=O) groups excluding carboxylic acids is 2. The van der Waals surface area contributed by atoms with Crippen LogP contribution in [0.3, 0.4) is 0 Å². The summed E-state index contributed by atoms with van der Waals surface area (Å²) in [4.78, 5) is 26.9. The van der Waals surface area contributed by atoms with E-state index in [1.54, 1.807) is 56.5 Å². The molecule has 0 fully saturated rings. The Labute approximate surface area is 282 Å². The van der Waals surface area contributed by atoms with E-state index in [-0.39, 0.29) is 34.4 Å². The molecule has 2 heterocycles. The summed E-state index contributed by atoms with van der Waals surface area (Å²) >= 11 is 0. The molecule has 0 unspecified atom stereocenters. The van der Waals surface area contributed by atoms with Gasteiger partial charge in [0.15, 0.2) is 16.8 Å². The lowest BCUT2D eigenvalue weighted by Crippen LogP contribution is -2.42. The first-order valence-corrected chi connectivity index (χ1v) is 20.9. The zero-order chi connectivity index (χ0) is 35.0. The molecule has 1 amide bonds. The molecule has 1 atom stereocenters. The Hall–Kier alpha value is -3.67. The minimum atomic E-state index is -4.24. The fraction of sp³-hybridized carbons (Fsp3) is 0.351. The van der Waals surface area contributed by atoms with Crippen LogP contribution in [0, 0.1) is 25.5 Å². The molecule has 11 heteroatoms. The lowest BCUT2D eigenvalue weighted by atomic mass is 9.96. The van der Waals surface area contributed by atoms with Gasteiger partial charge in [-0.1, -0.05) is 56.1 Å². The fourth-order valence-corrected chi connectivity index (χ4v) is 10.1. The number of aryl methyl sites for hydroxylation is 2. The number of nitrogens with one attached hydrogen (secondary N) is 1. The van der Waals surface area contributed by atoms with Crippen LogP contribution >= 0.6 is 11.0 Å². The minimum absolute atomic E-state index is 0.0814. The molecule has 0 saturated heterocycles. The molecule has 3 aromatic rings. The smallest absolute Gasteiger partial charge is 0.220 e. The second-order valence-corrected chi connectivity index (χ2v) is 20.2. The van der Waals surface area contributed by atoms with Crippen LogP contribution in [-0.2, 0) is 27.4 Å². The number of amides is 1. The molecule has 0 saturated carbocycles. The third kappa shape index (κ3) is 7.33. The molecule has 0 spiro atoms. The van der Waals surface area contributed by atoms with Crippen LogP contribution in [0.2, 0.25) is 19.6 Å². The van der Waals surface area contributed by atoms with E-state index in [9.17, 15) is 18.4 Å². The average Bonchev–Trinajstić information content (AvgIpc) is 3.54. The maximum atomic E-state index is 15.8. The monoisotopic (exact) mass is 698 g/mol. The number of benzene rings is 2.